The molecule has 0 fully saturated rings. The molecule has 1 aromatic heterocycles. The molecule has 4 rings (SSSR count). The molecule has 0 unspecified atom stereocenters. The number of nitrogens with two attached hydrogens (primary N) is 1. The Morgan fingerprint density at radius 3 is 2.42 bits per heavy atom. The van der Waals surface area contributed by atoms with Crippen molar-refractivity contribution < 1.29 is 18.3 Å². The summed E-state index contributed by atoms with van der Waals surface area (Å²) in [6.07, 6.45) is 2.66. The van der Waals surface area contributed by atoms with Crippen molar-refractivity contribution >= 4 is 38.3 Å². The zero-order valence-corrected chi connectivity index (χ0v) is 18.8. The van der Waals surface area contributed by atoms with Crippen LogP contribution in [-0.2, 0) is 34.2 Å². The number of hydrogen-bond donors (Lipinski definition) is 3. The molecule has 0 amide bonds. The fourth-order valence-electron chi connectivity index (χ4n) is 3.91. The second kappa shape index (κ2) is 9.38. The molecular weight excluding hydrogens is 438 g/mol. The Bertz CT molecular complexity index is 1400. The van der Waals surface area contributed by atoms with E-state index in [1.165, 1.54) is 0 Å². The number of nitrogen functional groups attached to an aromatic ring is 1. The van der Waals surface area contributed by atoms with Crippen LogP contribution in [0.2, 0.25) is 0 Å². The van der Waals surface area contributed by atoms with Gasteiger partial charge in [-0.3, -0.25) is 9.52 Å². The standard InChI is InChI=1S/C25H25N3O4S/c26-22-15-19(14-18-6-2-1-3-7-18)10-11-23(22)27-33(31,32)13-12-20-16-28(17-25(29)30)24-9-5-4-8-21(20)24/h1-11,15-16,27H,12-14,17,26H2,(H,29,30). The Labute approximate surface area is 192 Å². The Morgan fingerprint density at radius 1 is 0.970 bits per heavy atom. The van der Waals surface area contributed by atoms with E-state index in [0.29, 0.717) is 17.8 Å². The van der Waals surface area contributed by atoms with Crippen LogP contribution in [0.5, 0.6) is 0 Å². The minimum absolute atomic E-state index is 0.153. The zero-order valence-electron chi connectivity index (χ0n) is 17.9. The number of carboxylic acid groups (broad SMARTS) is 1. The van der Waals surface area contributed by atoms with Gasteiger partial charge in [0.1, 0.15) is 6.54 Å². The van der Waals surface area contributed by atoms with Crippen LogP contribution in [0.4, 0.5) is 11.4 Å². The van der Waals surface area contributed by atoms with Gasteiger partial charge in [-0.2, -0.15) is 0 Å². The molecular formula is C25H25N3O4S. The molecule has 0 saturated heterocycles. The zero-order chi connectivity index (χ0) is 23.4. The van der Waals surface area contributed by atoms with Crippen LogP contribution in [0.1, 0.15) is 16.7 Å². The highest BCUT2D eigenvalue weighted by Gasteiger charge is 2.16. The van der Waals surface area contributed by atoms with Crippen LogP contribution in [0.25, 0.3) is 10.9 Å². The summed E-state index contributed by atoms with van der Waals surface area (Å²) in [6.45, 7) is -0.183. The summed E-state index contributed by atoms with van der Waals surface area (Å²) in [6, 6.07) is 22.7. The number of anilines is 2. The van der Waals surface area contributed by atoms with Gasteiger partial charge in [0.05, 0.1) is 17.1 Å². The molecule has 0 spiro atoms. The number of sulfonamides is 1. The number of para-hydroxylation sites is 1. The molecule has 0 atom stereocenters. The van der Waals surface area contributed by atoms with E-state index in [1.54, 1.807) is 22.9 Å². The van der Waals surface area contributed by atoms with Gasteiger partial charge in [0.2, 0.25) is 10.0 Å². The molecule has 0 radical (unpaired) electrons. The molecule has 3 aromatic carbocycles. The summed E-state index contributed by atoms with van der Waals surface area (Å²) in [7, 11) is -3.67. The van der Waals surface area contributed by atoms with Gasteiger partial charge in [0, 0.05) is 17.1 Å². The molecule has 8 heteroatoms. The maximum absolute atomic E-state index is 12.8. The number of fused-ring (bicyclic) bond motifs is 1. The van der Waals surface area contributed by atoms with Crippen molar-refractivity contribution in [3.8, 4) is 0 Å². The van der Waals surface area contributed by atoms with Crippen molar-refractivity contribution in [3.63, 3.8) is 0 Å². The first-order valence-corrected chi connectivity index (χ1v) is 12.2. The highest BCUT2D eigenvalue weighted by Crippen LogP contribution is 2.25. The first-order chi connectivity index (χ1) is 15.8. The SMILES string of the molecule is Nc1cc(Cc2ccccc2)ccc1NS(=O)(=O)CCc1cn(CC(=O)O)c2ccccc12. The van der Waals surface area contributed by atoms with Crippen molar-refractivity contribution in [2.75, 3.05) is 16.2 Å². The second-order valence-corrected chi connectivity index (χ2v) is 9.79. The number of aromatic nitrogens is 1. The molecule has 1 heterocycles. The van der Waals surface area contributed by atoms with Crippen molar-refractivity contribution in [1.82, 2.24) is 4.57 Å². The number of nitrogens with one attached hydrogen (secondary N) is 1. The Kier molecular flexibility index (Phi) is 6.37. The fraction of sp³-hybridized carbons (Fsp3) is 0.160. The van der Waals surface area contributed by atoms with Gasteiger partial charge >= 0.3 is 5.97 Å². The molecule has 33 heavy (non-hydrogen) atoms. The lowest BCUT2D eigenvalue weighted by molar-refractivity contribution is -0.137. The van der Waals surface area contributed by atoms with Crippen molar-refractivity contribution in [2.45, 2.75) is 19.4 Å². The van der Waals surface area contributed by atoms with Gasteiger partial charge in [0.25, 0.3) is 0 Å². The van der Waals surface area contributed by atoms with E-state index < -0.39 is 16.0 Å². The summed E-state index contributed by atoms with van der Waals surface area (Å²) in [5, 5.41) is 9.99. The van der Waals surface area contributed by atoms with E-state index in [-0.39, 0.29) is 18.7 Å². The molecule has 170 valence electrons. The Balaban J connectivity index is 1.46. The van der Waals surface area contributed by atoms with Crippen LogP contribution in [0, 0.1) is 0 Å². The number of nitrogens with zero attached hydrogens (tertiary/aromatic N) is 1. The summed E-state index contributed by atoms with van der Waals surface area (Å²) in [5.74, 6) is -1.11. The van der Waals surface area contributed by atoms with E-state index >= 15 is 0 Å². The number of benzene rings is 3. The summed E-state index contributed by atoms with van der Waals surface area (Å²) in [4.78, 5) is 11.2. The first-order valence-electron chi connectivity index (χ1n) is 10.5. The number of hydrogen-bond acceptors (Lipinski definition) is 4. The normalized spacial score (nSPS) is 11.5. The third-order valence-corrected chi connectivity index (χ3v) is 6.72. The number of aryl methyl sites for hydroxylation is 1. The summed E-state index contributed by atoms with van der Waals surface area (Å²) >= 11 is 0. The van der Waals surface area contributed by atoms with Crippen molar-refractivity contribution in [1.29, 1.82) is 0 Å². The van der Waals surface area contributed by atoms with Gasteiger partial charge in [-0.15, -0.1) is 0 Å². The first kappa shape index (κ1) is 22.4. The number of carbonyl (C=O) groups is 1. The Hall–Kier alpha value is -3.78. The third-order valence-electron chi connectivity index (χ3n) is 5.45. The molecule has 0 aliphatic carbocycles. The smallest absolute Gasteiger partial charge is 0.323 e. The van der Waals surface area contributed by atoms with Crippen LogP contribution in [0.3, 0.4) is 0 Å². The summed E-state index contributed by atoms with van der Waals surface area (Å²) in [5.41, 5.74) is 10.5. The largest absolute Gasteiger partial charge is 0.480 e. The van der Waals surface area contributed by atoms with Crippen LogP contribution >= 0.6 is 0 Å². The van der Waals surface area contributed by atoms with Crippen molar-refractivity contribution in [2.24, 2.45) is 0 Å². The Morgan fingerprint density at radius 2 is 1.70 bits per heavy atom. The van der Waals surface area contributed by atoms with Crippen molar-refractivity contribution in [3.05, 3.63) is 95.7 Å². The topological polar surface area (TPSA) is 114 Å². The lowest BCUT2D eigenvalue weighted by atomic mass is 10.0. The lowest BCUT2D eigenvalue weighted by Crippen LogP contribution is -2.19. The minimum Gasteiger partial charge on any atom is -0.480 e. The van der Waals surface area contributed by atoms with Gasteiger partial charge in [-0.05, 0) is 47.7 Å². The molecule has 0 aliphatic rings. The molecule has 0 aliphatic heterocycles. The van der Waals surface area contributed by atoms with Crippen LogP contribution in [0.15, 0.2) is 79.0 Å². The fourth-order valence-corrected chi connectivity index (χ4v) is 5.02. The predicted molar refractivity (Wildman–Crippen MR) is 131 cm³/mol. The van der Waals surface area contributed by atoms with Gasteiger partial charge < -0.3 is 15.4 Å². The van der Waals surface area contributed by atoms with E-state index in [1.807, 2.05) is 60.7 Å². The average molecular weight is 464 g/mol. The van der Waals surface area contributed by atoms with E-state index in [9.17, 15) is 13.2 Å². The number of carboxylic acids is 1. The van der Waals surface area contributed by atoms with E-state index in [2.05, 4.69) is 4.72 Å². The quantitative estimate of drug-likeness (QED) is 0.326. The maximum atomic E-state index is 12.8. The monoisotopic (exact) mass is 463 g/mol. The van der Waals surface area contributed by atoms with Crippen LogP contribution < -0.4 is 10.5 Å². The van der Waals surface area contributed by atoms with Gasteiger partial charge in [-0.1, -0.05) is 54.6 Å². The average Bonchev–Trinajstić information content (AvgIpc) is 3.12. The lowest BCUT2D eigenvalue weighted by Gasteiger charge is -2.12. The highest BCUT2D eigenvalue weighted by atomic mass is 32.2. The maximum Gasteiger partial charge on any atom is 0.323 e. The van der Waals surface area contributed by atoms with E-state index in [0.717, 1.165) is 27.6 Å². The molecule has 0 saturated carbocycles. The number of rotatable bonds is 9. The molecule has 7 nitrogen and oxygen atoms in total. The van der Waals surface area contributed by atoms with Gasteiger partial charge in [0.15, 0.2) is 0 Å². The number of aliphatic carboxylic acids is 1. The van der Waals surface area contributed by atoms with Gasteiger partial charge in [-0.25, -0.2) is 8.42 Å². The van der Waals surface area contributed by atoms with E-state index in [4.69, 9.17) is 10.8 Å². The minimum atomic E-state index is -3.67. The molecule has 4 aromatic rings. The highest BCUT2D eigenvalue weighted by molar-refractivity contribution is 7.92. The molecule has 0 bridgehead atoms. The predicted octanol–water partition coefficient (Wildman–Crippen LogP) is 3.88. The summed E-state index contributed by atoms with van der Waals surface area (Å²) < 4.78 is 29.7. The third kappa shape index (κ3) is 5.53. The second-order valence-electron chi connectivity index (χ2n) is 7.95. The molecule has 4 N–H and O–H groups in total. The van der Waals surface area contributed by atoms with Crippen LogP contribution in [-0.4, -0.2) is 29.8 Å².